The van der Waals surface area contributed by atoms with Gasteiger partial charge in [-0.15, -0.1) is 0 Å². The Morgan fingerprint density at radius 3 is 2.13 bits per heavy atom. The van der Waals surface area contributed by atoms with E-state index in [9.17, 15) is 13.2 Å². The molecular weight excluding hydrogens is 207 g/mol. The zero-order valence-electron chi connectivity index (χ0n) is 9.36. The molecule has 0 rings (SSSR count). The maximum atomic E-state index is 11.7. The number of rotatable bonds is 7. The third kappa shape index (κ3) is 10.0. The summed E-state index contributed by atoms with van der Waals surface area (Å²) in [6.45, 7) is 4.77. The predicted octanol–water partition coefficient (Wildman–Crippen LogP) is 2.72. The summed E-state index contributed by atoms with van der Waals surface area (Å²) in [7, 11) is 0. The molecule has 0 aliphatic rings. The van der Waals surface area contributed by atoms with E-state index in [4.69, 9.17) is 10.5 Å². The molecule has 0 aromatic carbocycles. The Balaban J connectivity index is 3.33. The molecule has 0 saturated heterocycles. The number of halogens is 3. The van der Waals surface area contributed by atoms with Gasteiger partial charge in [0.15, 0.2) is 0 Å². The van der Waals surface area contributed by atoms with Crippen LogP contribution in [0.15, 0.2) is 0 Å². The smallest absolute Gasteiger partial charge is 0.381 e. The molecule has 0 bridgehead atoms. The zero-order valence-corrected chi connectivity index (χ0v) is 9.36. The van der Waals surface area contributed by atoms with Crippen LogP contribution in [0.1, 0.15) is 33.1 Å². The minimum Gasteiger partial charge on any atom is -0.381 e. The van der Waals surface area contributed by atoms with Crippen molar-refractivity contribution in [1.82, 2.24) is 0 Å². The van der Waals surface area contributed by atoms with Crippen molar-refractivity contribution >= 4 is 0 Å². The van der Waals surface area contributed by atoms with Crippen LogP contribution >= 0.6 is 0 Å². The van der Waals surface area contributed by atoms with Crippen molar-refractivity contribution in [2.24, 2.45) is 11.1 Å². The van der Waals surface area contributed by atoms with E-state index in [1.807, 2.05) is 13.8 Å². The summed E-state index contributed by atoms with van der Waals surface area (Å²) >= 11 is 0. The van der Waals surface area contributed by atoms with Gasteiger partial charge in [-0.1, -0.05) is 13.8 Å². The third-order valence-corrected chi connectivity index (χ3v) is 2.22. The quantitative estimate of drug-likeness (QED) is 0.679. The molecule has 2 N–H and O–H groups in total. The first-order valence-corrected chi connectivity index (χ1v) is 5.11. The van der Waals surface area contributed by atoms with Gasteiger partial charge >= 0.3 is 6.18 Å². The highest BCUT2D eigenvalue weighted by molar-refractivity contribution is 4.68. The van der Waals surface area contributed by atoms with Crippen molar-refractivity contribution in [3.8, 4) is 0 Å². The fraction of sp³-hybridized carbons (Fsp3) is 1.00. The van der Waals surface area contributed by atoms with Crippen LogP contribution in [0.25, 0.3) is 0 Å². The molecule has 0 aliphatic heterocycles. The third-order valence-electron chi connectivity index (χ3n) is 2.22. The summed E-state index contributed by atoms with van der Waals surface area (Å²) in [5.41, 5.74) is 5.56. The number of hydrogen-bond donors (Lipinski definition) is 1. The van der Waals surface area contributed by atoms with Crippen molar-refractivity contribution in [2.45, 2.75) is 39.3 Å². The lowest BCUT2D eigenvalue weighted by molar-refractivity contribution is -0.145. The second-order valence-corrected chi connectivity index (χ2v) is 4.45. The minimum absolute atomic E-state index is 0.0490. The Labute approximate surface area is 89.0 Å². The van der Waals surface area contributed by atoms with E-state index in [0.717, 1.165) is 12.8 Å². The molecule has 0 fully saturated rings. The van der Waals surface area contributed by atoms with Crippen LogP contribution in [0.4, 0.5) is 13.2 Å². The molecule has 92 valence electrons. The molecule has 0 aromatic rings. The molecule has 5 heteroatoms. The first kappa shape index (κ1) is 14.7. The fourth-order valence-corrected chi connectivity index (χ4v) is 1.04. The molecule has 0 spiro atoms. The molecule has 15 heavy (non-hydrogen) atoms. The van der Waals surface area contributed by atoms with Gasteiger partial charge in [-0.2, -0.15) is 13.2 Å². The molecule has 0 saturated carbocycles. The van der Waals surface area contributed by atoms with Crippen molar-refractivity contribution in [3.05, 3.63) is 0 Å². The van der Waals surface area contributed by atoms with Crippen LogP contribution in [0.5, 0.6) is 0 Å². The minimum atomic E-state index is -4.11. The Kier molecular flexibility index (Phi) is 6.20. The molecule has 0 amide bonds. The SMILES string of the molecule is CC(C)(CN)CCCOCCC(F)(F)F. The van der Waals surface area contributed by atoms with E-state index in [1.165, 1.54) is 0 Å². The van der Waals surface area contributed by atoms with Gasteiger partial charge < -0.3 is 10.5 Å². The van der Waals surface area contributed by atoms with Crippen LogP contribution in [0.2, 0.25) is 0 Å². The Hall–Kier alpha value is -0.290. The summed E-state index contributed by atoms with van der Waals surface area (Å²) in [4.78, 5) is 0. The second kappa shape index (κ2) is 6.33. The lowest BCUT2D eigenvalue weighted by Crippen LogP contribution is -2.23. The number of ether oxygens (including phenoxy) is 1. The normalized spacial score (nSPS) is 13.2. The van der Waals surface area contributed by atoms with Gasteiger partial charge in [-0.25, -0.2) is 0 Å². The van der Waals surface area contributed by atoms with Crippen LogP contribution in [-0.4, -0.2) is 25.9 Å². The summed E-state index contributed by atoms with van der Waals surface area (Å²) in [6.07, 6.45) is -3.36. The summed E-state index contributed by atoms with van der Waals surface area (Å²) in [6, 6.07) is 0. The van der Waals surface area contributed by atoms with Crippen molar-refractivity contribution < 1.29 is 17.9 Å². The molecule has 0 heterocycles. The van der Waals surface area contributed by atoms with Crippen molar-refractivity contribution in [2.75, 3.05) is 19.8 Å². The molecule has 2 nitrogen and oxygen atoms in total. The number of nitrogens with two attached hydrogens (primary N) is 1. The number of alkyl halides is 3. The predicted molar refractivity (Wildman–Crippen MR) is 53.6 cm³/mol. The average molecular weight is 227 g/mol. The molecule has 0 atom stereocenters. The standard InChI is InChI=1S/C10H20F3NO/c1-9(2,8-14)4-3-6-15-7-5-10(11,12)13/h3-8,14H2,1-2H3. The molecule has 0 radical (unpaired) electrons. The zero-order chi connectivity index (χ0) is 11.9. The maximum absolute atomic E-state index is 11.7. The van der Waals surface area contributed by atoms with Crippen LogP contribution in [-0.2, 0) is 4.74 Å². The van der Waals surface area contributed by atoms with Gasteiger partial charge in [0.05, 0.1) is 13.0 Å². The van der Waals surface area contributed by atoms with Crippen LogP contribution in [0, 0.1) is 5.41 Å². The van der Waals surface area contributed by atoms with E-state index in [0.29, 0.717) is 13.2 Å². The second-order valence-electron chi connectivity index (χ2n) is 4.45. The Morgan fingerprint density at radius 1 is 1.07 bits per heavy atom. The first-order valence-electron chi connectivity index (χ1n) is 5.11. The van der Waals surface area contributed by atoms with Gasteiger partial charge in [-0.3, -0.25) is 0 Å². The van der Waals surface area contributed by atoms with Crippen LogP contribution in [0.3, 0.4) is 0 Å². The topological polar surface area (TPSA) is 35.2 Å². The van der Waals surface area contributed by atoms with E-state index < -0.39 is 12.6 Å². The fourth-order valence-electron chi connectivity index (χ4n) is 1.04. The van der Waals surface area contributed by atoms with Gasteiger partial charge in [-0.05, 0) is 24.8 Å². The summed E-state index contributed by atoms with van der Waals surface area (Å²) < 4.78 is 40.0. The Bertz CT molecular complexity index is 169. The van der Waals surface area contributed by atoms with Gasteiger partial charge in [0, 0.05) is 6.61 Å². The summed E-state index contributed by atoms with van der Waals surface area (Å²) in [5, 5.41) is 0. The van der Waals surface area contributed by atoms with E-state index in [2.05, 4.69) is 0 Å². The van der Waals surface area contributed by atoms with Gasteiger partial charge in [0.1, 0.15) is 0 Å². The molecule has 0 aromatic heterocycles. The molecule has 0 aliphatic carbocycles. The lowest BCUT2D eigenvalue weighted by Gasteiger charge is -2.21. The van der Waals surface area contributed by atoms with Gasteiger partial charge in [0.2, 0.25) is 0 Å². The number of hydrogen-bond acceptors (Lipinski definition) is 2. The average Bonchev–Trinajstić information content (AvgIpc) is 2.09. The largest absolute Gasteiger partial charge is 0.391 e. The molecular formula is C10H20F3NO. The van der Waals surface area contributed by atoms with Crippen molar-refractivity contribution in [3.63, 3.8) is 0 Å². The first-order chi connectivity index (χ1) is 6.77. The monoisotopic (exact) mass is 227 g/mol. The van der Waals surface area contributed by atoms with E-state index >= 15 is 0 Å². The van der Waals surface area contributed by atoms with E-state index in [-0.39, 0.29) is 12.0 Å². The highest BCUT2D eigenvalue weighted by atomic mass is 19.4. The molecule has 0 unspecified atom stereocenters. The Morgan fingerprint density at radius 2 is 1.67 bits per heavy atom. The van der Waals surface area contributed by atoms with Crippen LogP contribution < -0.4 is 5.73 Å². The van der Waals surface area contributed by atoms with Gasteiger partial charge in [0.25, 0.3) is 0 Å². The van der Waals surface area contributed by atoms with Crippen molar-refractivity contribution in [1.29, 1.82) is 0 Å². The summed E-state index contributed by atoms with van der Waals surface area (Å²) in [5.74, 6) is 0. The highest BCUT2D eigenvalue weighted by Gasteiger charge is 2.26. The maximum Gasteiger partial charge on any atom is 0.391 e. The highest BCUT2D eigenvalue weighted by Crippen LogP contribution is 2.21. The lowest BCUT2D eigenvalue weighted by atomic mass is 9.88. The van der Waals surface area contributed by atoms with E-state index in [1.54, 1.807) is 0 Å².